The van der Waals surface area contributed by atoms with E-state index in [2.05, 4.69) is 40.5 Å². The smallest absolute Gasteiger partial charge is 0.117 e. The molecule has 2 aromatic rings. The molecule has 2 heterocycles. The highest BCUT2D eigenvalue weighted by molar-refractivity contribution is 5.16. The Hall–Kier alpha value is -1.58. The van der Waals surface area contributed by atoms with Gasteiger partial charge in [0.15, 0.2) is 0 Å². The van der Waals surface area contributed by atoms with Crippen LogP contribution >= 0.6 is 0 Å². The first-order valence-corrected chi connectivity index (χ1v) is 6.92. The van der Waals surface area contributed by atoms with Crippen LogP contribution in [0.4, 0.5) is 0 Å². The van der Waals surface area contributed by atoms with E-state index in [0.29, 0.717) is 6.04 Å². The van der Waals surface area contributed by atoms with Crippen molar-refractivity contribution in [2.45, 2.75) is 19.0 Å². The van der Waals surface area contributed by atoms with Crippen LogP contribution in [0, 0.1) is 0 Å². The van der Waals surface area contributed by atoms with Gasteiger partial charge in [-0.1, -0.05) is 30.3 Å². The van der Waals surface area contributed by atoms with Crippen LogP contribution < -0.4 is 5.32 Å². The van der Waals surface area contributed by atoms with Gasteiger partial charge in [-0.25, -0.2) is 0 Å². The van der Waals surface area contributed by atoms with Gasteiger partial charge in [-0.2, -0.15) is 0 Å². The lowest BCUT2D eigenvalue weighted by atomic mass is 10.0. The molecule has 0 spiro atoms. The van der Waals surface area contributed by atoms with Crippen molar-refractivity contribution in [1.82, 2.24) is 10.2 Å². The summed E-state index contributed by atoms with van der Waals surface area (Å²) in [5.41, 5.74) is 1.40. The lowest BCUT2D eigenvalue weighted by molar-refractivity contribution is 0.179. The van der Waals surface area contributed by atoms with Crippen molar-refractivity contribution >= 4 is 0 Å². The van der Waals surface area contributed by atoms with Gasteiger partial charge in [0.1, 0.15) is 5.76 Å². The first kappa shape index (κ1) is 12.5. The summed E-state index contributed by atoms with van der Waals surface area (Å²) < 4.78 is 5.43. The zero-order valence-electron chi connectivity index (χ0n) is 11.1. The molecule has 1 aliphatic heterocycles. The van der Waals surface area contributed by atoms with E-state index in [9.17, 15) is 0 Å². The van der Waals surface area contributed by atoms with Crippen molar-refractivity contribution in [2.24, 2.45) is 0 Å². The predicted molar refractivity (Wildman–Crippen MR) is 75.9 cm³/mol. The second kappa shape index (κ2) is 6.04. The van der Waals surface area contributed by atoms with Gasteiger partial charge in [-0.05, 0) is 24.1 Å². The zero-order chi connectivity index (χ0) is 12.9. The van der Waals surface area contributed by atoms with Crippen molar-refractivity contribution in [1.29, 1.82) is 0 Å². The standard InChI is InChI=1S/C16H20N2O/c1-2-5-14(6-3-1)11-15-12-18(9-8-17-15)13-16-7-4-10-19-16/h1-7,10,15,17H,8-9,11-13H2. The minimum atomic E-state index is 0.533. The van der Waals surface area contributed by atoms with Gasteiger partial charge in [0.05, 0.1) is 12.8 Å². The van der Waals surface area contributed by atoms with Crippen LogP contribution in [0.5, 0.6) is 0 Å². The molecule has 1 unspecified atom stereocenters. The third-order valence-corrected chi connectivity index (χ3v) is 3.62. The highest BCUT2D eigenvalue weighted by Gasteiger charge is 2.20. The quantitative estimate of drug-likeness (QED) is 0.910. The summed E-state index contributed by atoms with van der Waals surface area (Å²) in [6.07, 6.45) is 2.84. The molecule has 1 saturated heterocycles. The average molecular weight is 256 g/mol. The molecule has 0 aliphatic carbocycles. The van der Waals surface area contributed by atoms with Crippen LogP contribution in [0.2, 0.25) is 0 Å². The van der Waals surface area contributed by atoms with Crippen molar-refractivity contribution in [3.8, 4) is 0 Å². The largest absolute Gasteiger partial charge is 0.468 e. The molecule has 1 atom stereocenters. The number of nitrogens with one attached hydrogen (secondary N) is 1. The highest BCUT2D eigenvalue weighted by atomic mass is 16.3. The summed E-state index contributed by atoms with van der Waals surface area (Å²) in [6, 6.07) is 15.2. The maximum absolute atomic E-state index is 5.43. The van der Waals surface area contributed by atoms with Gasteiger partial charge in [0, 0.05) is 25.7 Å². The second-order valence-corrected chi connectivity index (χ2v) is 5.16. The van der Waals surface area contributed by atoms with Crippen molar-refractivity contribution in [3.63, 3.8) is 0 Å². The Kier molecular flexibility index (Phi) is 3.96. The van der Waals surface area contributed by atoms with E-state index in [1.54, 1.807) is 6.26 Å². The summed E-state index contributed by atoms with van der Waals surface area (Å²) in [4.78, 5) is 2.46. The molecule has 3 heteroatoms. The Morgan fingerprint density at radius 2 is 2.05 bits per heavy atom. The van der Waals surface area contributed by atoms with Crippen LogP contribution in [0.15, 0.2) is 53.1 Å². The van der Waals surface area contributed by atoms with Gasteiger partial charge < -0.3 is 9.73 Å². The lowest BCUT2D eigenvalue weighted by Gasteiger charge is -2.33. The van der Waals surface area contributed by atoms with E-state index < -0.39 is 0 Å². The summed E-state index contributed by atoms with van der Waals surface area (Å²) >= 11 is 0. The number of benzene rings is 1. The Balaban J connectivity index is 1.56. The van der Waals surface area contributed by atoms with Gasteiger partial charge in [-0.15, -0.1) is 0 Å². The number of rotatable bonds is 4. The third-order valence-electron chi connectivity index (χ3n) is 3.62. The predicted octanol–water partition coefficient (Wildman–Crippen LogP) is 2.30. The topological polar surface area (TPSA) is 28.4 Å². The van der Waals surface area contributed by atoms with E-state index in [0.717, 1.165) is 38.4 Å². The second-order valence-electron chi connectivity index (χ2n) is 5.16. The Morgan fingerprint density at radius 3 is 2.84 bits per heavy atom. The summed E-state index contributed by atoms with van der Waals surface area (Å²) in [5.74, 6) is 1.06. The van der Waals surface area contributed by atoms with E-state index >= 15 is 0 Å². The Morgan fingerprint density at radius 1 is 1.16 bits per heavy atom. The molecule has 100 valence electrons. The molecular weight excluding hydrogens is 236 g/mol. The third kappa shape index (κ3) is 3.46. The monoisotopic (exact) mass is 256 g/mol. The fourth-order valence-electron chi connectivity index (χ4n) is 2.70. The van der Waals surface area contributed by atoms with E-state index in [-0.39, 0.29) is 0 Å². The Labute approximate surface area is 114 Å². The lowest BCUT2D eigenvalue weighted by Crippen LogP contribution is -2.51. The number of nitrogens with zero attached hydrogens (tertiary/aromatic N) is 1. The molecule has 19 heavy (non-hydrogen) atoms. The molecule has 3 nitrogen and oxygen atoms in total. The van der Waals surface area contributed by atoms with Crippen molar-refractivity contribution < 1.29 is 4.42 Å². The van der Waals surface area contributed by atoms with Crippen LogP contribution in [-0.2, 0) is 13.0 Å². The van der Waals surface area contributed by atoms with Gasteiger partial charge in [0.2, 0.25) is 0 Å². The number of hydrogen-bond donors (Lipinski definition) is 1. The molecule has 0 bridgehead atoms. The minimum Gasteiger partial charge on any atom is -0.468 e. The maximum atomic E-state index is 5.43. The highest BCUT2D eigenvalue weighted by Crippen LogP contribution is 2.11. The van der Waals surface area contributed by atoms with Gasteiger partial charge in [-0.3, -0.25) is 4.90 Å². The van der Waals surface area contributed by atoms with E-state index in [1.807, 2.05) is 12.1 Å². The van der Waals surface area contributed by atoms with Gasteiger partial charge in [0.25, 0.3) is 0 Å². The molecular formula is C16H20N2O. The molecule has 1 aromatic heterocycles. The number of furan rings is 1. The molecule has 1 aromatic carbocycles. The fourth-order valence-corrected chi connectivity index (χ4v) is 2.70. The summed E-state index contributed by atoms with van der Waals surface area (Å²) in [6.45, 7) is 4.14. The first-order valence-electron chi connectivity index (χ1n) is 6.92. The molecule has 0 radical (unpaired) electrons. The molecule has 1 fully saturated rings. The Bertz CT molecular complexity index is 481. The van der Waals surface area contributed by atoms with Crippen LogP contribution in [0.3, 0.4) is 0 Å². The van der Waals surface area contributed by atoms with Crippen molar-refractivity contribution in [3.05, 3.63) is 60.1 Å². The number of hydrogen-bond acceptors (Lipinski definition) is 3. The first-order chi connectivity index (χ1) is 9.40. The minimum absolute atomic E-state index is 0.533. The maximum Gasteiger partial charge on any atom is 0.117 e. The van der Waals surface area contributed by atoms with Crippen LogP contribution in [0.25, 0.3) is 0 Å². The number of piperazine rings is 1. The van der Waals surface area contributed by atoms with Gasteiger partial charge >= 0.3 is 0 Å². The molecule has 0 saturated carbocycles. The summed E-state index contributed by atoms with van der Waals surface area (Å²) in [7, 11) is 0. The average Bonchev–Trinajstić information content (AvgIpc) is 2.93. The normalized spacial score (nSPS) is 20.5. The van der Waals surface area contributed by atoms with Crippen molar-refractivity contribution in [2.75, 3.05) is 19.6 Å². The van der Waals surface area contributed by atoms with Crippen LogP contribution in [-0.4, -0.2) is 30.6 Å². The fraction of sp³-hybridized carbons (Fsp3) is 0.375. The SMILES string of the molecule is c1ccc(CC2CN(Cc3ccco3)CCN2)cc1. The zero-order valence-corrected chi connectivity index (χ0v) is 11.1. The van der Waals surface area contributed by atoms with E-state index in [1.165, 1.54) is 5.56 Å². The molecule has 1 aliphatic rings. The van der Waals surface area contributed by atoms with E-state index in [4.69, 9.17) is 4.42 Å². The molecule has 1 N–H and O–H groups in total. The van der Waals surface area contributed by atoms with Crippen LogP contribution in [0.1, 0.15) is 11.3 Å². The molecule has 3 rings (SSSR count). The summed E-state index contributed by atoms with van der Waals surface area (Å²) in [5, 5.41) is 3.60. The molecule has 0 amide bonds.